The van der Waals surface area contributed by atoms with Gasteiger partial charge in [0.25, 0.3) is 5.56 Å². The summed E-state index contributed by atoms with van der Waals surface area (Å²) in [7, 11) is 0. The molecule has 11 heteroatoms. The van der Waals surface area contributed by atoms with E-state index < -0.39 is 22.6 Å². The number of halogens is 1. The second-order valence-corrected chi connectivity index (χ2v) is 8.65. The lowest BCUT2D eigenvalue weighted by Crippen LogP contribution is -2.26. The van der Waals surface area contributed by atoms with E-state index in [1.807, 2.05) is 18.2 Å². The first kappa shape index (κ1) is 25.7. The molecule has 4 aromatic rings. The van der Waals surface area contributed by atoms with Gasteiger partial charge in [-0.1, -0.05) is 42.5 Å². The number of carbonyl (C=O) groups is 1. The second-order valence-electron chi connectivity index (χ2n) is 7.80. The van der Waals surface area contributed by atoms with E-state index in [0.717, 1.165) is 4.68 Å². The van der Waals surface area contributed by atoms with Gasteiger partial charge in [0.05, 0.1) is 33.1 Å². The van der Waals surface area contributed by atoms with Gasteiger partial charge in [-0.15, -0.1) is 0 Å². The Morgan fingerprint density at radius 1 is 1.19 bits per heavy atom. The SMILES string of the molecule is CCOC(=O)[C@@H](C)Oc1c(Br)cc(C=Nn2c(-c3ccccc3)nc3ccccc3c2=O)cc1[N+](=O)[O-]. The molecule has 4 rings (SSSR count). The molecule has 1 atom stereocenters. The molecule has 0 spiro atoms. The third-order valence-electron chi connectivity index (χ3n) is 5.26. The molecule has 10 nitrogen and oxygen atoms in total. The molecule has 0 saturated heterocycles. The number of aromatic nitrogens is 2. The van der Waals surface area contributed by atoms with Crippen LogP contribution in [0.25, 0.3) is 22.3 Å². The van der Waals surface area contributed by atoms with E-state index in [4.69, 9.17) is 9.47 Å². The van der Waals surface area contributed by atoms with Gasteiger partial charge in [0.15, 0.2) is 11.9 Å². The van der Waals surface area contributed by atoms with E-state index in [-0.39, 0.29) is 22.5 Å². The summed E-state index contributed by atoms with van der Waals surface area (Å²) < 4.78 is 11.8. The van der Waals surface area contributed by atoms with Crippen LogP contribution in [0.2, 0.25) is 0 Å². The maximum atomic E-state index is 13.3. The Labute approximate surface area is 219 Å². The Balaban J connectivity index is 1.79. The lowest BCUT2D eigenvalue weighted by molar-refractivity contribution is -0.386. The molecule has 0 bridgehead atoms. The van der Waals surface area contributed by atoms with E-state index in [1.165, 1.54) is 25.3 Å². The lowest BCUT2D eigenvalue weighted by Gasteiger charge is -2.15. The number of rotatable bonds is 8. The molecule has 0 radical (unpaired) electrons. The third-order valence-corrected chi connectivity index (χ3v) is 5.85. The van der Waals surface area contributed by atoms with Crippen molar-refractivity contribution in [2.45, 2.75) is 20.0 Å². The van der Waals surface area contributed by atoms with Crippen LogP contribution < -0.4 is 10.3 Å². The molecule has 37 heavy (non-hydrogen) atoms. The van der Waals surface area contributed by atoms with Crippen LogP contribution in [0.15, 0.2) is 81.1 Å². The van der Waals surface area contributed by atoms with Crippen molar-refractivity contribution in [1.82, 2.24) is 9.66 Å². The summed E-state index contributed by atoms with van der Waals surface area (Å²) >= 11 is 3.28. The Kier molecular flexibility index (Phi) is 7.73. The standard InChI is InChI=1S/C26H21BrN4O6/c1-3-36-26(33)16(2)37-23-20(27)13-17(14-22(23)31(34)35)15-28-30-24(18-9-5-4-6-10-18)29-21-12-8-7-11-19(21)25(30)32/h4-16H,3H2,1-2H3/t16-/m1/s1. The Morgan fingerprint density at radius 2 is 1.89 bits per heavy atom. The number of ether oxygens (including phenoxy) is 2. The summed E-state index contributed by atoms with van der Waals surface area (Å²) in [6, 6.07) is 18.8. The fourth-order valence-corrected chi connectivity index (χ4v) is 4.10. The van der Waals surface area contributed by atoms with Crippen molar-refractivity contribution in [3.8, 4) is 17.1 Å². The Morgan fingerprint density at radius 3 is 2.59 bits per heavy atom. The number of fused-ring (bicyclic) bond motifs is 1. The van der Waals surface area contributed by atoms with Gasteiger partial charge in [-0.3, -0.25) is 14.9 Å². The monoisotopic (exact) mass is 564 g/mol. The molecule has 0 aliphatic heterocycles. The van der Waals surface area contributed by atoms with Crippen molar-refractivity contribution in [1.29, 1.82) is 0 Å². The van der Waals surface area contributed by atoms with Crippen molar-refractivity contribution in [3.63, 3.8) is 0 Å². The summed E-state index contributed by atoms with van der Waals surface area (Å²) in [6.45, 7) is 3.24. The van der Waals surface area contributed by atoms with Gasteiger partial charge in [0.2, 0.25) is 5.75 Å². The van der Waals surface area contributed by atoms with Crippen LogP contribution in [-0.2, 0) is 9.53 Å². The van der Waals surface area contributed by atoms with Gasteiger partial charge in [-0.05, 0) is 48.0 Å². The molecule has 3 aromatic carbocycles. The predicted octanol–water partition coefficient (Wildman–Crippen LogP) is 4.95. The number of hydrogen-bond donors (Lipinski definition) is 0. The maximum Gasteiger partial charge on any atom is 0.347 e. The Hall–Kier alpha value is -4.38. The summed E-state index contributed by atoms with van der Waals surface area (Å²) in [6.07, 6.45) is 0.255. The topological polar surface area (TPSA) is 126 Å². The van der Waals surface area contributed by atoms with Gasteiger partial charge in [-0.2, -0.15) is 9.78 Å². The largest absolute Gasteiger partial charge is 0.471 e. The first-order valence-corrected chi connectivity index (χ1v) is 12.0. The zero-order valence-electron chi connectivity index (χ0n) is 19.8. The van der Waals surface area contributed by atoms with Crippen molar-refractivity contribution in [2.24, 2.45) is 5.10 Å². The van der Waals surface area contributed by atoms with Crippen LogP contribution in [0.3, 0.4) is 0 Å². The molecule has 0 aliphatic rings. The van der Waals surface area contributed by atoms with Gasteiger partial charge in [0, 0.05) is 17.2 Å². The highest BCUT2D eigenvalue weighted by molar-refractivity contribution is 9.10. The quantitative estimate of drug-likeness (QED) is 0.128. The molecule has 0 saturated carbocycles. The predicted molar refractivity (Wildman–Crippen MR) is 142 cm³/mol. The number of esters is 1. The highest BCUT2D eigenvalue weighted by atomic mass is 79.9. The van der Waals surface area contributed by atoms with E-state index in [0.29, 0.717) is 27.9 Å². The van der Waals surface area contributed by atoms with Crippen molar-refractivity contribution >= 4 is 44.7 Å². The fraction of sp³-hybridized carbons (Fsp3) is 0.154. The number of nitro benzene ring substituents is 1. The average molecular weight is 565 g/mol. The molecular formula is C26H21BrN4O6. The lowest BCUT2D eigenvalue weighted by atomic mass is 10.2. The van der Waals surface area contributed by atoms with E-state index in [2.05, 4.69) is 26.0 Å². The molecular weight excluding hydrogens is 544 g/mol. The van der Waals surface area contributed by atoms with Crippen molar-refractivity contribution in [3.05, 3.63) is 97.2 Å². The Bertz CT molecular complexity index is 1570. The molecule has 1 heterocycles. The van der Waals surface area contributed by atoms with E-state index in [9.17, 15) is 19.7 Å². The van der Waals surface area contributed by atoms with Crippen LogP contribution in [0.4, 0.5) is 5.69 Å². The minimum Gasteiger partial charge on any atom is -0.471 e. The summed E-state index contributed by atoms with van der Waals surface area (Å²) in [4.78, 5) is 41.0. The van der Waals surface area contributed by atoms with E-state index in [1.54, 1.807) is 43.3 Å². The number of para-hydroxylation sites is 1. The molecule has 188 valence electrons. The molecule has 0 aliphatic carbocycles. The number of benzene rings is 3. The number of hydrogen-bond acceptors (Lipinski definition) is 8. The summed E-state index contributed by atoms with van der Waals surface area (Å²) in [5, 5.41) is 16.5. The van der Waals surface area contributed by atoms with Crippen LogP contribution in [0.5, 0.6) is 5.75 Å². The maximum absolute atomic E-state index is 13.3. The smallest absolute Gasteiger partial charge is 0.347 e. The third kappa shape index (κ3) is 5.56. The van der Waals surface area contributed by atoms with Crippen LogP contribution in [0.1, 0.15) is 19.4 Å². The van der Waals surface area contributed by atoms with Crippen LogP contribution in [0, 0.1) is 10.1 Å². The highest BCUT2D eigenvalue weighted by Crippen LogP contribution is 2.37. The molecule has 0 N–H and O–H groups in total. The molecule has 0 unspecified atom stereocenters. The number of nitrogens with zero attached hydrogens (tertiary/aromatic N) is 4. The van der Waals surface area contributed by atoms with Crippen molar-refractivity contribution < 1.29 is 19.2 Å². The van der Waals surface area contributed by atoms with Crippen LogP contribution in [-0.4, -0.2) is 39.5 Å². The average Bonchev–Trinajstić information content (AvgIpc) is 2.89. The van der Waals surface area contributed by atoms with E-state index >= 15 is 0 Å². The summed E-state index contributed by atoms with van der Waals surface area (Å²) in [5.74, 6) is -0.458. The number of nitro groups is 1. The number of carbonyl (C=O) groups excluding carboxylic acids is 1. The highest BCUT2D eigenvalue weighted by Gasteiger charge is 2.25. The summed E-state index contributed by atoms with van der Waals surface area (Å²) in [5.41, 5.74) is 0.727. The molecule has 1 aromatic heterocycles. The normalized spacial score (nSPS) is 12.0. The zero-order chi connectivity index (χ0) is 26.5. The first-order valence-electron chi connectivity index (χ1n) is 11.2. The molecule has 0 fully saturated rings. The van der Waals surface area contributed by atoms with Gasteiger partial charge in [-0.25, -0.2) is 9.78 Å². The van der Waals surface area contributed by atoms with Crippen molar-refractivity contribution in [2.75, 3.05) is 6.61 Å². The van der Waals surface area contributed by atoms with Crippen LogP contribution >= 0.6 is 15.9 Å². The van der Waals surface area contributed by atoms with Gasteiger partial charge < -0.3 is 9.47 Å². The van der Waals surface area contributed by atoms with Gasteiger partial charge in [0.1, 0.15) is 0 Å². The second kappa shape index (κ2) is 11.1. The molecule has 0 amide bonds. The minimum absolute atomic E-state index is 0.128. The zero-order valence-corrected chi connectivity index (χ0v) is 21.4. The van der Waals surface area contributed by atoms with Gasteiger partial charge >= 0.3 is 11.7 Å². The minimum atomic E-state index is -1.06. The first-order chi connectivity index (χ1) is 17.8. The fourth-order valence-electron chi connectivity index (χ4n) is 3.54.